The molecule has 3 atom stereocenters. The summed E-state index contributed by atoms with van der Waals surface area (Å²) in [5.41, 5.74) is 5.95. The number of unbranched alkanes of at least 4 members (excludes halogenated alkanes) is 1. The van der Waals surface area contributed by atoms with Crippen LogP contribution in [-0.4, -0.2) is 42.5 Å². The number of carbonyl (C=O) groups excluding carboxylic acids is 1. The van der Waals surface area contributed by atoms with Gasteiger partial charge in [0.05, 0.1) is 0 Å². The Kier molecular flexibility index (Phi) is 6.97. The first-order valence-corrected chi connectivity index (χ1v) is 8.94. The molecule has 0 aromatic rings. The summed E-state index contributed by atoms with van der Waals surface area (Å²) in [6, 6.07) is 0.979. The quantitative estimate of drug-likeness (QED) is 0.739. The molecular weight excluding hydrogens is 262 g/mol. The Balaban J connectivity index is 1.53. The van der Waals surface area contributed by atoms with Gasteiger partial charge in [0.1, 0.15) is 0 Å². The van der Waals surface area contributed by atoms with E-state index in [-0.39, 0.29) is 17.9 Å². The van der Waals surface area contributed by atoms with Crippen LogP contribution in [0.1, 0.15) is 64.7 Å². The second-order valence-corrected chi connectivity index (χ2v) is 7.00. The molecule has 21 heavy (non-hydrogen) atoms. The third-order valence-electron chi connectivity index (χ3n) is 5.20. The number of likely N-dealkylation sites (tertiary alicyclic amines) is 1. The van der Waals surface area contributed by atoms with Gasteiger partial charge in [0.2, 0.25) is 5.91 Å². The number of nitrogens with zero attached hydrogens (tertiary/aromatic N) is 1. The number of rotatable bonds is 6. The summed E-state index contributed by atoms with van der Waals surface area (Å²) in [5.74, 6) is 0.396. The standard InChI is InChI=1S/C17H33N3O/c1-14-7-2-4-11-20(14)12-5-3-10-19-17(21)15-8-6-9-16(18)13-15/h14-16H,2-13,18H2,1H3,(H,19,21). The van der Waals surface area contributed by atoms with Gasteiger partial charge in [0, 0.05) is 24.5 Å². The third-order valence-corrected chi connectivity index (χ3v) is 5.20. The van der Waals surface area contributed by atoms with Crippen molar-refractivity contribution in [1.82, 2.24) is 10.2 Å². The topological polar surface area (TPSA) is 58.4 Å². The molecule has 1 aliphatic carbocycles. The van der Waals surface area contributed by atoms with Crippen LogP contribution < -0.4 is 11.1 Å². The third kappa shape index (κ3) is 5.59. The number of carbonyl (C=O) groups is 1. The number of nitrogens with two attached hydrogens (primary N) is 1. The van der Waals surface area contributed by atoms with Crippen LogP contribution in [-0.2, 0) is 4.79 Å². The molecule has 1 heterocycles. The Morgan fingerprint density at radius 1 is 1.19 bits per heavy atom. The average molecular weight is 295 g/mol. The highest BCUT2D eigenvalue weighted by Gasteiger charge is 2.24. The van der Waals surface area contributed by atoms with Gasteiger partial charge in [-0.3, -0.25) is 4.79 Å². The SMILES string of the molecule is CC1CCCCN1CCCCNC(=O)C1CCCC(N)C1. The first-order chi connectivity index (χ1) is 10.2. The van der Waals surface area contributed by atoms with E-state index in [1.807, 2.05) is 0 Å². The highest BCUT2D eigenvalue weighted by molar-refractivity contribution is 5.78. The summed E-state index contributed by atoms with van der Waals surface area (Å²) >= 11 is 0. The number of hydrogen-bond acceptors (Lipinski definition) is 3. The van der Waals surface area contributed by atoms with Crippen LogP contribution in [0.4, 0.5) is 0 Å². The molecule has 1 aliphatic heterocycles. The van der Waals surface area contributed by atoms with Gasteiger partial charge in [-0.1, -0.05) is 12.8 Å². The van der Waals surface area contributed by atoms with E-state index in [2.05, 4.69) is 17.1 Å². The first kappa shape index (κ1) is 16.8. The van der Waals surface area contributed by atoms with Crippen molar-refractivity contribution in [2.75, 3.05) is 19.6 Å². The molecule has 1 amide bonds. The van der Waals surface area contributed by atoms with Crippen molar-refractivity contribution in [3.8, 4) is 0 Å². The number of amides is 1. The lowest BCUT2D eigenvalue weighted by molar-refractivity contribution is -0.126. The number of nitrogens with one attached hydrogen (secondary N) is 1. The molecule has 0 bridgehead atoms. The van der Waals surface area contributed by atoms with Crippen LogP contribution >= 0.6 is 0 Å². The first-order valence-electron chi connectivity index (χ1n) is 8.94. The summed E-state index contributed by atoms with van der Waals surface area (Å²) in [7, 11) is 0. The fourth-order valence-electron chi connectivity index (χ4n) is 3.75. The summed E-state index contributed by atoms with van der Waals surface area (Å²) in [6.45, 7) is 5.61. The Bertz CT molecular complexity index is 321. The Labute approximate surface area is 129 Å². The van der Waals surface area contributed by atoms with Crippen molar-refractivity contribution in [1.29, 1.82) is 0 Å². The minimum Gasteiger partial charge on any atom is -0.356 e. The molecule has 4 nitrogen and oxygen atoms in total. The fraction of sp³-hybridized carbons (Fsp3) is 0.941. The van der Waals surface area contributed by atoms with Gasteiger partial charge in [-0.25, -0.2) is 0 Å². The van der Waals surface area contributed by atoms with E-state index in [1.165, 1.54) is 38.8 Å². The van der Waals surface area contributed by atoms with Gasteiger partial charge in [0.25, 0.3) is 0 Å². The predicted molar refractivity (Wildman–Crippen MR) is 87.1 cm³/mol. The smallest absolute Gasteiger partial charge is 0.223 e. The van der Waals surface area contributed by atoms with Gasteiger partial charge in [0.15, 0.2) is 0 Å². The van der Waals surface area contributed by atoms with E-state index in [4.69, 9.17) is 5.73 Å². The minimum atomic E-state index is 0.163. The van der Waals surface area contributed by atoms with Crippen LogP contribution in [0.25, 0.3) is 0 Å². The summed E-state index contributed by atoms with van der Waals surface area (Å²) in [6.07, 6.45) is 10.4. The van der Waals surface area contributed by atoms with Crippen LogP contribution in [0.15, 0.2) is 0 Å². The highest BCUT2D eigenvalue weighted by atomic mass is 16.1. The molecule has 2 fully saturated rings. The van der Waals surface area contributed by atoms with E-state index in [0.717, 1.165) is 44.7 Å². The van der Waals surface area contributed by atoms with Gasteiger partial charge in [-0.2, -0.15) is 0 Å². The Morgan fingerprint density at radius 3 is 2.81 bits per heavy atom. The highest BCUT2D eigenvalue weighted by Crippen LogP contribution is 2.23. The lowest BCUT2D eigenvalue weighted by Crippen LogP contribution is -2.39. The van der Waals surface area contributed by atoms with Crippen LogP contribution in [0, 0.1) is 5.92 Å². The van der Waals surface area contributed by atoms with Crippen molar-refractivity contribution in [2.45, 2.75) is 76.8 Å². The molecule has 3 unspecified atom stereocenters. The second-order valence-electron chi connectivity index (χ2n) is 7.00. The molecule has 122 valence electrons. The Hall–Kier alpha value is -0.610. The molecular formula is C17H33N3O. The molecule has 0 radical (unpaired) electrons. The lowest BCUT2D eigenvalue weighted by Gasteiger charge is -2.33. The zero-order valence-electron chi connectivity index (χ0n) is 13.7. The summed E-state index contributed by atoms with van der Waals surface area (Å²) in [5, 5.41) is 3.11. The minimum absolute atomic E-state index is 0.163. The molecule has 4 heteroatoms. The van der Waals surface area contributed by atoms with Crippen molar-refractivity contribution < 1.29 is 4.79 Å². The van der Waals surface area contributed by atoms with Gasteiger partial charge < -0.3 is 16.0 Å². The lowest BCUT2D eigenvalue weighted by atomic mass is 9.85. The molecule has 0 spiro atoms. The maximum absolute atomic E-state index is 12.1. The van der Waals surface area contributed by atoms with E-state index >= 15 is 0 Å². The van der Waals surface area contributed by atoms with E-state index in [9.17, 15) is 4.79 Å². The molecule has 1 saturated carbocycles. The average Bonchev–Trinajstić information content (AvgIpc) is 2.48. The summed E-state index contributed by atoms with van der Waals surface area (Å²) in [4.78, 5) is 14.7. The maximum Gasteiger partial charge on any atom is 0.223 e. The molecule has 2 aliphatic rings. The molecule has 0 aromatic heterocycles. The zero-order chi connectivity index (χ0) is 15.1. The van der Waals surface area contributed by atoms with Crippen molar-refractivity contribution in [3.63, 3.8) is 0 Å². The van der Waals surface area contributed by atoms with Crippen LogP contribution in [0.5, 0.6) is 0 Å². The number of piperidine rings is 1. The van der Waals surface area contributed by atoms with Gasteiger partial charge >= 0.3 is 0 Å². The largest absolute Gasteiger partial charge is 0.356 e. The fourth-order valence-corrected chi connectivity index (χ4v) is 3.75. The molecule has 3 N–H and O–H groups in total. The van der Waals surface area contributed by atoms with Crippen molar-refractivity contribution in [3.05, 3.63) is 0 Å². The molecule has 2 rings (SSSR count). The van der Waals surface area contributed by atoms with E-state index in [0.29, 0.717) is 0 Å². The van der Waals surface area contributed by atoms with Gasteiger partial charge in [-0.15, -0.1) is 0 Å². The molecule has 0 aromatic carbocycles. The van der Waals surface area contributed by atoms with Crippen LogP contribution in [0.2, 0.25) is 0 Å². The van der Waals surface area contributed by atoms with Crippen LogP contribution in [0.3, 0.4) is 0 Å². The Morgan fingerprint density at radius 2 is 2.05 bits per heavy atom. The number of hydrogen-bond donors (Lipinski definition) is 2. The van der Waals surface area contributed by atoms with Crippen molar-refractivity contribution in [2.24, 2.45) is 11.7 Å². The second kappa shape index (κ2) is 8.74. The normalized spacial score (nSPS) is 31.0. The predicted octanol–water partition coefficient (Wildman–Crippen LogP) is 2.27. The maximum atomic E-state index is 12.1. The van der Waals surface area contributed by atoms with E-state index < -0.39 is 0 Å². The van der Waals surface area contributed by atoms with Crippen molar-refractivity contribution >= 4 is 5.91 Å². The van der Waals surface area contributed by atoms with E-state index in [1.54, 1.807) is 0 Å². The monoisotopic (exact) mass is 295 g/mol. The summed E-state index contributed by atoms with van der Waals surface area (Å²) < 4.78 is 0. The van der Waals surface area contributed by atoms with Gasteiger partial charge in [-0.05, 0) is 65.0 Å². The zero-order valence-corrected chi connectivity index (χ0v) is 13.7. The molecule has 1 saturated heterocycles.